The summed E-state index contributed by atoms with van der Waals surface area (Å²) in [5.74, 6) is -0.739. The van der Waals surface area contributed by atoms with Gasteiger partial charge in [0.05, 0.1) is 24.9 Å². The largest absolute Gasteiger partial charge is 0.465 e. The molecule has 0 aliphatic carbocycles. The Hall–Kier alpha value is -1.92. The number of halogens is 1. The number of allylic oxidation sites excluding steroid dienone is 1. The molecule has 6 heteroatoms. The first-order valence-corrected chi connectivity index (χ1v) is 7.86. The predicted octanol–water partition coefficient (Wildman–Crippen LogP) is 2.77. The van der Waals surface area contributed by atoms with Gasteiger partial charge in [0, 0.05) is 23.8 Å². The van der Waals surface area contributed by atoms with Gasteiger partial charge in [0.25, 0.3) is 5.91 Å². The van der Waals surface area contributed by atoms with Crippen LogP contribution in [0.25, 0.3) is 6.08 Å². The fourth-order valence-corrected chi connectivity index (χ4v) is 2.86. The number of methoxy groups -OCH3 is 2. The highest BCUT2D eigenvalue weighted by molar-refractivity contribution is 9.10. The topological polar surface area (TPSA) is 55.8 Å². The van der Waals surface area contributed by atoms with Crippen LogP contribution in [0.4, 0.5) is 0 Å². The van der Waals surface area contributed by atoms with Gasteiger partial charge >= 0.3 is 5.97 Å². The van der Waals surface area contributed by atoms with Crippen molar-refractivity contribution in [3.8, 4) is 0 Å². The molecule has 0 fully saturated rings. The summed E-state index contributed by atoms with van der Waals surface area (Å²) in [5.41, 5.74) is 2.04. The summed E-state index contributed by atoms with van der Waals surface area (Å²) >= 11 is 3.40. The Morgan fingerprint density at radius 2 is 2.09 bits per heavy atom. The van der Waals surface area contributed by atoms with Crippen molar-refractivity contribution in [3.63, 3.8) is 0 Å². The molecule has 0 saturated carbocycles. The number of hydrogen-bond acceptors (Lipinski definition) is 4. The number of benzene rings is 1. The van der Waals surface area contributed by atoms with E-state index in [1.807, 2.05) is 24.3 Å². The molecular weight excluding hydrogens is 362 g/mol. The first-order chi connectivity index (χ1) is 11.0. The summed E-state index contributed by atoms with van der Waals surface area (Å²) in [5, 5.41) is 0. The number of carbonyl (C=O) groups excluding carboxylic acids is 2. The number of rotatable bonds is 5. The third-order valence-corrected chi connectivity index (χ3v) is 4.07. The lowest BCUT2D eigenvalue weighted by molar-refractivity contribution is -0.136. The van der Waals surface area contributed by atoms with Crippen LogP contribution < -0.4 is 0 Å². The van der Waals surface area contributed by atoms with Crippen molar-refractivity contribution >= 4 is 33.9 Å². The zero-order valence-electron chi connectivity index (χ0n) is 13.3. The highest BCUT2D eigenvalue weighted by Gasteiger charge is 2.36. The average molecular weight is 380 g/mol. The smallest absolute Gasteiger partial charge is 0.340 e. The standard InChI is InChI=1S/C17H18BrNO4/c1-11-15(17(21)23-3)14(16(20)19(11)7-8-22-2)10-12-5-4-6-13(18)9-12/h4-6,9-10H,7-8H2,1-3H3/b14-10-. The van der Waals surface area contributed by atoms with Crippen LogP contribution in [-0.4, -0.2) is 44.1 Å². The maximum atomic E-state index is 12.7. The van der Waals surface area contributed by atoms with E-state index >= 15 is 0 Å². The number of esters is 1. The maximum Gasteiger partial charge on any atom is 0.340 e. The third kappa shape index (κ3) is 3.71. The van der Waals surface area contributed by atoms with Crippen LogP contribution in [0.3, 0.4) is 0 Å². The van der Waals surface area contributed by atoms with Gasteiger partial charge in [0.1, 0.15) is 0 Å². The van der Waals surface area contributed by atoms with Gasteiger partial charge in [-0.1, -0.05) is 28.1 Å². The van der Waals surface area contributed by atoms with Crippen molar-refractivity contribution < 1.29 is 19.1 Å². The van der Waals surface area contributed by atoms with Gasteiger partial charge in [-0.25, -0.2) is 4.79 Å². The van der Waals surface area contributed by atoms with Crippen LogP contribution in [0, 0.1) is 0 Å². The highest BCUT2D eigenvalue weighted by atomic mass is 79.9. The minimum Gasteiger partial charge on any atom is -0.465 e. The SMILES string of the molecule is COCCN1C(=O)/C(=C\c2cccc(Br)c2)C(C(=O)OC)=C1C. The van der Waals surface area contributed by atoms with E-state index in [0.717, 1.165) is 10.0 Å². The lowest BCUT2D eigenvalue weighted by Crippen LogP contribution is -2.28. The number of hydrogen-bond donors (Lipinski definition) is 0. The van der Waals surface area contributed by atoms with Gasteiger partial charge in [-0.3, -0.25) is 4.79 Å². The van der Waals surface area contributed by atoms with Crippen LogP contribution in [-0.2, 0) is 19.1 Å². The van der Waals surface area contributed by atoms with E-state index in [1.54, 1.807) is 25.0 Å². The Morgan fingerprint density at radius 3 is 2.70 bits per heavy atom. The van der Waals surface area contributed by atoms with Gasteiger partial charge in [-0.2, -0.15) is 0 Å². The van der Waals surface area contributed by atoms with Gasteiger partial charge < -0.3 is 14.4 Å². The molecule has 0 aromatic heterocycles. The van der Waals surface area contributed by atoms with Crippen molar-refractivity contribution in [2.75, 3.05) is 27.4 Å². The zero-order valence-corrected chi connectivity index (χ0v) is 14.8. The van der Waals surface area contributed by atoms with Crippen molar-refractivity contribution in [1.82, 2.24) is 4.90 Å². The molecule has 1 aromatic carbocycles. The molecule has 0 spiro atoms. The molecule has 2 rings (SSSR count). The quantitative estimate of drug-likeness (QED) is 0.582. The molecule has 0 saturated heterocycles. The molecule has 0 bridgehead atoms. The van der Waals surface area contributed by atoms with Crippen molar-refractivity contribution in [1.29, 1.82) is 0 Å². The molecule has 1 heterocycles. The number of amides is 1. The van der Waals surface area contributed by atoms with E-state index in [9.17, 15) is 9.59 Å². The number of carbonyl (C=O) groups is 2. The van der Waals surface area contributed by atoms with E-state index in [4.69, 9.17) is 9.47 Å². The second-order valence-electron chi connectivity index (χ2n) is 5.01. The van der Waals surface area contributed by atoms with E-state index in [2.05, 4.69) is 15.9 Å². The summed E-state index contributed by atoms with van der Waals surface area (Å²) in [7, 11) is 2.88. The van der Waals surface area contributed by atoms with Gasteiger partial charge in [-0.15, -0.1) is 0 Å². The summed E-state index contributed by atoms with van der Waals surface area (Å²) in [6, 6.07) is 7.51. The summed E-state index contributed by atoms with van der Waals surface area (Å²) < 4.78 is 10.8. The fourth-order valence-electron chi connectivity index (χ4n) is 2.44. The van der Waals surface area contributed by atoms with Crippen molar-refractivity contribution in [2.24, 2.45) is 0 Å². The molecule has 0 atom stereocenters. The Morgan fingerprint density at radius 1 is 1.35 bits per heavy atom. The van der Waals surface area contributed by atoms with Crippen LogP contribution in [0.15, 0.2) is 45.6 Å². The molecular formula is C17H18BrNO4. The molecule has 0 radical (unpaired) electrons. The first kappa shape index (κ1) is 17.4. The van der Waals surface area contributed by atoms with Crippen molar-refractivity contribution in [2.45, 2.75) is 6.92 Å². The van der Waals surface area contributed by atoms with Gasteiger partial charge in [0.2, 0.25) is 0 Å². The zero-order chi connectivity index (χ0) is 17.0. The van der Waals surface area contributed by atoms with Crippen LogP contribution in [0.1, 0.15) is 12.5 Å². The lowest BCUT2D eigenvalue weighted by atomic mass is 10.0. The van der Waals surface area contributed by atoms with Crippen LogP contribution in [0.2, 0.25) is 0 Å². The normalized spacial score (nSPS) is 16.4. The molecule has 1 aliphatic rings. The summed E-state index contributed by atoms with van der Waals surface area (Å²) in [6.45, 7) is 2.51. The molecule has 0 unspecified atom stereocenters. The average Bonchev–Trinajstić information content (AvgIpc) is 2.76. The van der Waals surface area contributed by atoms with E-state index < -0.39 is 5.97 Å². The number of ether oxygens (including phenoxy) is 2. The van der Waals surface area contributed by atoms with E-state index in [1.165, 1.54) is 7.11 Å². The Kier molecular flexibility index (Phi) is 5.74. The molecule has 5 nitrogen and oxygen atoms in total. The second kappa shape index (κ2) is 7.57. The molecule has 1 aromatic rings. The minimum absolute atomic E-state index is 0.222. The minimum atomic E-state index is -0.517. The molecule has 122 valence electrons. The molecule has 1 aliphatic heterocycles. The highest BCUT2D eigenvalue weighted by Crippen LogP contribution is 2.31. The lowest BCUT2D eigenvalue weighted by Gasteiger charge is -2.16. The van der Waals surface area contributed by atoms with Gasteiger partial charge in [0.15, 0.2) is 0 Å². The van der Waals surface area contributed by atoms with E-state index in [0.29, 0.717) is 30.0 Å². The Balaban J connectivity index is 2.47. The number of nitrogens with zero attached hydrogens (tertiary/aromatic N) is 1. The van der Waals surface area contributed by atoms with Crippen LogP contribution in [0.5, 0.6) is 0 Å². The predicted molar refractivity (Wildman–Crippen MR) is 90.4 cm³/mol. The Labute approximate surface area is 143 Å². The first-order valence-electron chi connectivity index (χ1n) is 7.07. The second-order valence-corrected chi connectivity index (χ2v) is 5.93. The Bertz CT molecular complexity index is 694. The third-order valence-electron chi connectivity index (χ3n) is 3.58. The van der Waals surface area contributed by atoms with Crippen molar-refractivity contribution in [3.05, 3.63) is 51.1 Å². The summed E-state index contributed by atoms with van der Waals surface area (Å²) in [4.78, 5) is 26.3. The van der Waals surface area contributed by atoms with Crippen LogP contribution >= 0.6 is 15.9 Å². The fraction of sp³-hybridized carbons (Fsp3) is 0.294. The monoisotopic (exact) mass is 379 g/mol. The molecule has 1 amide bonds. The molecule has 23 heavy (non-hydrogen) atoms. The maximum absolute atomic E-state index is 12.7. The summed E-state index contributed by atoms with van der Waals surface area (Å²) in [6.07, 6.45) is 1.70. The van der Waals surface area contributed by atoms with Gasteiger partial charge in [-0.05, 0) is 30.7 Å². The van der Waals surface area contributed by atoms with E-state index in [-0.39, 0.29) is 5.91 Å². The molecule has 0 N–H and O–H groups in total.